The lowest BCUT2D eigenvalue weighted by atomic mass is 10.0. The van der Waals surface area contributed by atoms with Crippen LogP contribution in [-0.2, 0) is 24.3 Å². The smallest absolute Gasteiger partial charge is 0.243 e. The molecule has 2 N–H and O–H groups in total. The van der Waals surface area contributed by atoms with Crippen LogP contribution < -0.4 is 15.5 Å². The lowest BCUT2D eigenvalue weighted by Gasteiger charge is -2.31. The monoisotopic (exact) mass is 502 g/mol. The molecule has 0 saturated carbocycles. The van der Waals surface area contributed by atoms with Crippen molar-refractivity contribution in [3.8, 4) is 0 Å². The number of carbonyl (C=O) groups is 2. The number of carbonyl (C=O) groups excluding carboxylic acids is 2. The van der Waals surface area contributed by atoms with Gasteiger partial charge in [-0.2, -0.15) is 4.31 Å². The van der Waals surface area contributed by atoms with E-state index in [0.717, 1.165) is 11.3 Å². The van der Waals surface area contributed by atoms with Crippen molar-refractivity contribution in [3.05, 3.63) is 54.1 Å². The molecule has 190 valence electrons. The molecule has 1 saturated heterocycles. The quantitative estimate of drug-likeness (QED) is 0.517. The molecule has 0 bridgehead atoms. The molecular formula is C25H34N4O5S. The standard InChI is InChI=1S/C25H34N4O5S/c1-4-29(5-2)35(32,33)21-11-12-24(28-13-15-34-16-14-28)23(17-21)27-25(31)18-22(26-19(3)30)20-9-7-6-8-10-20/h6-12,17,22H,4-5,13-16,18H2,1-3H3,(H,26,30)(H,27,31). The van der Waals surface area contributed by atoms with Crippen molar-refractivity contribution >= 4 is 33.2 Å². The first-order valence-electron chi connectivity index (χ1n) is 11.8. The van der Waals surface area contributed by atoms with Crippen molar-refractivity contribution in [1.82, 2.24) is 9.62 Å². The average molecular weight is 503 g/mol. The zero-order valence-corrected chi connectivity index (χ0v) is 21.3. The number of sulfonamides is 1. The Morgan fingerprint density at radius 3 is 2.31 bits per heavy atom. The molecule has 3 rings (SSSR count). The second-order valence-electron chi connectivity index (χ2n) is 8.28. The maximum Gasteiger partial charge on any atom is 0.243 e. The predicted molar refractivity (Wildman–Crippen MR) is 136 cm³/mol. The van der Waals surface area contributed by atoms with Crippen LogP contribution in [0.3, 0.4) is 0 Å². The van der Waals surface area contributed by atoms with Gasteiger partial charge in [0.05, 0.1) is 41.9 Å². The Hall–Kier alpha value is -2.95. The number of ether oxygens (including phenoxy) is 1. The van der Waals surface area contributed by atoms with Gasteiger partial charge in [0.1, 0.15) is 0 Å². The molecule has 2 amide bonds. The van der Waals surface area contributed by atoms with Crippen molar-refractivity contribution in [2.24, 2.45) is 0 Å². The van der Waals surface area contributed by atoms with Crippen molar-refractivity contribution in [1.29, 1.82) is 0 Å². The van der Waals surface area contributed by atoms with Gasteiger partial charge in [-0.25, -0.2) is 8.42 Å². The predicted octanol–water partition coefficient (Wildman–Crippen LogP) is 2.76. The summed E-state index contributed by atoms with van der Waals surface area (Å²) in [6, 6.07) is 13.6. The van der Waals surface area contributed by atoms with E-state index in [-0.39, 0.29) is 23.1 Å². The lowest BCUT2D eigenvalue weighted by molar-refractivity contribution is -0.120. The fraction of sp³-hybridized carbons (Fsp3) is 0.440. The summed E-state index contributed by atoms with van der Waals surface area (Å²) in [6.45, 7) is 8.04. The molecule has 0 radical (unpaired) electrons. The van der Waals surface area contributed by atoms with E-state index in [0.29, 0.717) is 45.1 Å². The minimum atomic E-state index is -3.71. The van der Waals surface area contributed by atoms with Gasteiger partial charge in [0, 0.05) is 33.1 Å². The van der Waals surface area contributed by atoms with E-state index < -0.39 is 16.1 Å². The molecule has 2 aromatic carbocycles. The van der Waals surface area contributed by atoms with E-state index in [9.17, 15) is 18.0 Å². The summed E-state index contributed by atoms with van der Waals surface area (Å²) >= 11 is 0. The van der Waals surface area contributed by atoms with Gasteiger partial charge < -0.3 is 20.3 Å². The van der Waals surface area contributed by atoms with Crippen LogP contribution in [0.1, 0.15) is 38.8 Å². The summed E-state index contributed by atoms with van der Waals surface area (Å²) in [6.07, 6.45) is -0.000826. The molecule has 1 aliphatic heterocycles. The Bertz CT molecular complexity index is 1110. The van der Waals surface area contributed by atoms with Gasteiger partial charge in [-0.15, -0.1) is 0 Å². The molecular weight excluding hydrogens is 468 g/mol. The van der Waals surface area contributed by atoms with Crippen molar-refractivity contribution in [2.45, 2.75) is 38.1 Å². The largest absolute Gasteiger partial charge is 0.378 e. The zero-order chi connectivity index (χ0) is 25.4. The first kappa shape index (κ1) is 26.7. The van der Waals surface area contributed by atoms with Crippen LogP contribution in [0, 0.1) is 0 Å². The van der Waals surface area contributed by atoms with Crippen LogP contribution in [0.15, 0.2) is 53.4 Å². The van der Waals surface area contributed by atoms with E-state index in [2.05, 4.69) is 15.5 Å². The van der Waals surface area contributed by atoms with Crippen molar-refractivity contribution in [2.75, 3.05) is 49.6 Å². The van der Waals surface area contributed by atoms with Gasteiger partial charge in [0.25, 0.3) is 0 Å². The number of rotatable bonds is 10. The minimum Gasteiger partial charge on any atom is -0.378 e. The van der Waals surface area contributed by atoms with E-state index in [1.54, 1.807) is 26.0 Å². The van der Waals surface area contributed by atoms with Crippen LogP contribution in [0.4, 0.5) is 11.4 Å². The number of nitrogens with one attached hydrogen (secondary N) is 2. The molecule has 0 spiro atoms. The second-order valence-corrected chi connectivity index (χ2v) is 10.2. The molecule has 0 aromatic heterocycles. The summed E-state index contributed by atoms with van der Waals surface area (Å²) in [5.74, 6) is -0.576. The number of morpholine rings is 1. The van der Waals surface area contributed by atoms with Crippen LogP contribution in [0.25, 0.3) is 0 Å². The van der Waals surface area contributed by atoms with Gasteiger partial charge >= 0.3 is 0 Å². The normalized spacial score (nSPS) is 15.0. The molecule has 35 heavy (non-hydrogen) atoms. The van der Waals surface area contributed by atoms with Gasteiger partial charge in [-0.3, -0.25) is 9.59 Å². The molecule has 9 nitrogen and oxygen atoms in total. The summed E-state index contributed by atoms with van der Waals surface area (Å²) in [4.78, 5) is 27.1. The molecule has 1 atom stereocenters. The third kappa shape index (κ3) is 6.81. The number of amides is 2. The van der Waals surface area contributed by atoms with Crippen molar-refractivity contribution in [3.63, 3.8) is 0 Å². The first-order valence-corrected chi connectivity index (χ1v) is 13.3. The Labute approximate surface area is 207 Å². The van der Waals surface area contributed by atoms with Crippen molar-refractivity contribution < 1.29 is 22.7 Å². The van der Waals surface area contributed by atoms with Gasteiger partial charge in [0.15, 0.2) is 0 Å². The molecule has 1 unspecified atom stereocenters. The molecule has 1 fully saturated rings. The van der Waals surface area contributed by atoms with E-state index in [1.165, 1.54) is 17.3 Å². The number of hydrogen-bond acceptors (Lipinski definition) is 6. The zero-order valence-electron chi connectivity index (χ0n) is 20.5. The number of benzene rings is 2. The second kappa shape index (κ2) is 12.1. The first-order chi connectivity index (χ1) is 16.8. The summed E-state index contributed by atoms with van der Waals surface area (Å²) in [5, 5.41) is 5.74. The molecule has 0 aliphatic carbocycles. The Morgan fingerprint density at radius 1 is 1.06 bits per heavy atom. The molecule has 2 aromatic rings. The van der Waals surface area contributed by atoms with Crippen LogP contribution in [-0.4, -0.2) is 63.9 Å². The minimum absolute atomic E-state index is 0.000826. The Kier molecular flexibility index (Phi) is 9.25. The highest BCUT2D eigenvalue weighted by Gasteiger charge is 2.25. The number of anilines is 2. The fourth-order valence-electron chi connectivity index (χ4n) is 4.14. The Morgan fingerprint density at radius 2 is 1.71 bits per heavy atom. The van der Waals surface area contributed by atoms with Gasteiger partial charge in [-0.05, 0) is 23.8 Å². The highest BCUT2D eigenvalue weighted by Crippen LogP contribution is 2.31. The SMILES string of the molecule is CCN(CC)S(=O)(=O)c1ccc(N2CCOCC2)c(NC(=O)CC(NC(C)=O)c2ccccc2)c1. The summed E-state index contributed by atoms with van der Waals surface area (Å²) in [5.41, 5.74) is 1.96. The van der Waals surface area contributed by atoms with E-state index in [4.69, 9.17) is 4.74 Å². The molecule has 10 heteroatoms. The highest BCUT2D eigenvalue weighted by atomic mass is 32.2. The van der Waals surface area contributed by atoms with E-state index >= 15 is 0 Å². The van der Waals surface area contributed by atoms with E-state index in [1.807, 2.05) is 30.3 Å². The maximum absolute atomic E-state index is 13.2. The lowest BCUT2D eigenvalue weighted by Crippen LogP contribution is -2.37. The third-order valence-electron chi connectivity index (χ3n) is 5.91. The highest BCUT2D eigenvalue weighted by molar-refractivity contribution is 7.89. The summed E-state index contributed by atoms with van der Waals surface area (Å²) < 4.78 is 33.1. The van der Waals surface area contributed by atoms with Crippen LogP contribution >= 0.6 is 0 Å². The van der Waals surface area contributed by atoms with Crippen LogP contribution in [0.2, 0.25) is 0 Å². The Balaban J connectivity index is 1.92. The molecule has 1 heterocycles. The average Bonchev–Trinajstić information content (AvgIpc) is 2.85. The fourth-order valence-corrected chi connectivity index (χ4v) is 5.62. The van der Waals surface area contributed by atoms with Gasteiger partial charge in [0.2, 0.25) is 21.8 Å². The maximum atomic E-state index is 13.2. The molecule has 1 aliphatic rings. The van der Waals surface area contributed by atoms with Crippen LogP contribution in [0.5, 0.6) is 0 Å². The summed E-state index contributed by atoms with van der Waals surface area (Å²) in [7, 11) is -3.71. The third-order valence-corrected chi connectivity index (χ3v) is 7.95. The van der Waals surface area contributed by atoms with Gasteiger partial charge in [-0.1, -0.05) is 44.2 Å². The number of nitrogens with zero attached hydrogens (tertiary/aromatic N) is 2. The topological polar surface area (TPSA) is 108 Å². The number of hydrogen-bond donors (Lipinski definition) is 2.